The minimum atomic E-state index is -0.986. The highest BCUT2D eigenvalue weighted by atomic mass is 32.1. The van der Waals surface area contributed by atoms with Crippen LogP contribution in [0.1, 0.15) is 32.3 Å². The Labute approximate surface area is 122 Å². The van der Waals surface area contributed by atoms with Crippen LogP contribution in [-0.2, 0) is 11.3 Å². The molecule has 0 unspecified atom stereocenters. The molecule has 0 bridgehead atoms. The third-order valence-corrected chi connectivity index (χ3v) is 4.13. The van der Waals surface area contributed by atoms with Crippen molar-refractivity contribution in [3.8, 4) is 0 Å². The van der Waals surface area contributed by atoms with Crippen LogP contribution in [0.3, 0.4) is 0 Å². The summed E-state index contributed by atoms with van der Waals surface area (Å²) in [5.74, 6) is -1.13. The van der Waals surface area contributed by atoms with Crippen LogP contribution in [0.25, 0.3) is 0 Å². The minimum absolute atomic E-state index is 0.140. The van der Waals surface area contributed by atoms with Gasteiger partial charge in [-0.2, -0.15) is 11.3 Å². The van der Waals surface area contributed by atoms with Gasteiger partial charge in [-0.15, -0.1) is 0 Å². The van der Waals surface area contributed by atoms with Crippen LogP contribution < -0.4 is 5.32 Å². The molecule has 1 saturated carbocycles. The number of amides is 2. The van der Waals surface area contributed by atoms with Gasteiger partial charge in [0.2, 0.25) is 0 Å². The highest BCUT2D eigenvalue weighted by Gasteiger charge is 2.35. The van der Waals surface area contributed by atoms with Crippen molar-refractivity contribution in [3.05, 3.63) is 22.4 Å². The zero-order valence-corrected chi connectivity index (χ0v) is 12.5. The molecule has 1 heterocycles. The van der Waals surface area contributed by atoms with Gasteiger partial charge in [-0.25, -0.2) is 9.59 Å². The van der Waals surface area contributed by atoms with E-state index in [0.29, 0.717) is 6.54 Å². The van der Waals surface area contributed by atoms with Gasteiger partial charge in [-0.05, 0) is 41.1 Å². The molecule has 6 heteroatoms. The Morgan fingerprint density at radius 3 is 2.65 bits per heavy atom. The van der Waals surface area contributed by atoms with Crippen molar-refractivity contribution in [2.75, 3.05) is 0 Å². The number of carboxylic acid groups (broad SMARTS) is 1. The number of hydrogen-bond donors (Lipinski definition) is 2. The SMILES string of the molecule is CC(C)[C@H](NC(=O)N(Cc1ccsc1)C1CC1)C(=O)O. The lowest BCUT2D eigenvalue weighted by Gasteiger charge is -2.26. The van der Waals surface area contributed by atoms with Gasteiger partial charge in [0, 0.05) is 12.6 Å². The minimum Gasteiger partial charge on any atom is -0.480 e. The van der Waals surface area contributed by atoms with Gasteiger partial charge in [0.05, 0.1) is 0 Å². The van der Waals surface area contributed by atoms with Crippen LogP contribution in [0, 0.1) is 5.92 Å². The van der Waals surface area contributed by atoms with Gasteiger partial charge in [-0.3, -0.25) is 0 Å². The number of aliphatic carboxylic acids is 1. The van der Waals surface area contributed by atoms with E-state index in [2.05, 4.69) is 5.32 Å². The van der Waals surface area contributed by atoms with Crippen LogP contribution in [0.15, 0.2) is 16.8 Å². The smallest absolute Gasteiger partial charge is 0.326 e. The largest absolute Gasteiger partial charge is 0.480 e. The first-order valence-electron chi connectivity index (χ1n) is 6.80. The zero-order chi connectivity index (χ0) is 14.7. The number of nitrogens with zero attached hydrogens (tertiary/aromatic N) is 1. The molecule has 110 valence electrons. The Morgan fingerprint density at radius 2 is 2.20 bits per heavy atom. The lowest BCUT2D eigenvalue weighted by molar-refractivity contribution is -0.140. The van der Waals surface area contributed by atoms with E-state index >= 15 is 0 Å². The maximum atomic E-state index is 12.3. The molecule has 1 fully saturated rings. The fourth-order valence-electron chi connectivity index (χ4n) is 2.06. The van der Waals surface area contributed by atoms with Crippen LogP contribution in [0.4, 0.5) is 4.79 Å². The van der Waals surface area contributed by atoms with E-state index in [1.807, 2.05) is 16.8 Å². The topological polar surface area (TPSA) is 69.6 Å². The van der Waals surface area contributed by atoms with E-state index < -0.39 is 12.0 Å². The molecule has 1 atom stereocenters. The molecule has 2 amide bonds. The molecule has 0 saturated heterocycles. The van der Waals surface area contributed by atoms with Crippen molar-refractivity contribution >= 4 is 23.3 Å². The van der Waals surface area contributed by atoms with Gasteiger partial charge in [0.25, 0.3) is 0 Å². The van der Waals surface area contributed by atoms with Crippen molar-refractivity contribution in [3.63, 3.8) is 0 Å². The van der Waals surface area contributed by atoms with Crippen molar-refractivity contribution in [2.24, 2.45) is 5.92 Å². The van der Waals surface area contributed by atoms with Crippen molar-refractivity contribution in [1.82, 2.24) is 10.2 Å². The Morgan fingerprint density at radius 1 is 1.50 bits per heavy atom. The maximum absolute atomic E-state index is 12.3. The summed E-state index contributed by atoms with van der Waals surface area (Å²) >= 11 is 1.60. The van der Waals surface area contributed by atoms with Crippen LogP contribution in [0.5, 0.6) is 0 Å². The maximum Gasteiger partial charge on any atom is 0.326 e. The first-order valence-corrected chi connectivity index (χ1v) is 7.74. The van der Waals surface area contributed by atoms with Gasteiger partial charge in [0.1, 0.15) is 6.04 Å². The number of hydrogen-bond acceptors (Lipinski definition) is 3. The summed E-state index contributed by atoms with van der Waals surface area (Å²) in [6.45, 7) is 4.13. The van der Waals surface area contributed by atoms with E-state index in [0.717, 1.165) is 18.4 Å². The second kappa shape index (κ2) is 6.26. The molecule has 1 aromatic rings. The molecule has 5 nitrogen and oxygen atoms in total. The molecule has 2 N–H and O–H groups in total. The van der Waals surface area contributed by atoms with Crippen molar-refractivity contribution in [1.29, 1.82) is 0 Å². The van der Waals surface area contributed by atoms with Gasteiger partial charge in [-0.1, -0.05) is 13.8 Å². The normalized spacial score (nSPS) is 15.9. The zero-order valence-electron chi connectivity index (χ0n) is 11.7. The summed E-state index contributed by atoms with van der Waals surface area (Å²) in [6, 6.07) is 1.12. The number of thiophene rings is 1. The summed E-state index contributed by atoms with van der Waals surface area (Å²) in [6.07, 6.45) is 1.99. The summed E-state index contributed by atoms with van der Waals surface area (Å²) in [5.41, 5.74) is 1.09. The van der Waals surface area contributed by atoms with Crippen molar-refractivity contribution < 1.29 is 14.7 Å². The number of urea groups is 1. The molecule has 1 aliphatic rings. The molecule has 0 aliphatic heterocycles. The Hall–Kier alpha value is -1.56. The van der Waals surface area contributed by atoms with Crippen LogP contribution >= 0.6 is 11.3 Å². The number of carbonyl (C=O) groups is 2. The molecule has 2 rings (SSSR count). The molecule has 1 aliphatic carbocycles. The standard InChI is InChI=1S/C14H20N2O3S/c1-9(2)12(13(17)18)15-14(19)16(11-3-4-11)7-10-5-6-20-8-10/h5-6,8-9,11-12H,3-4,7H2,1-2H3,(H,15,19)(H,17,18)/t12-/m0/s1. The van der Waals surface area contributed by atoms with E-state index in [1.165, 1.54) is 0 Å². The summed E-state index contributed by atoms with van der Waals surface area (Å²) in [5, 5.41) is 15.8. The highest BCUT2D eigenvalue weighted by Crippen LogP contribution is 2.29. The predicted octanol–water partition coefficient (Wildman–Crippen LogP) is 2.53. The van der Waals surface area contributed by atoms with E-state index in [-0.39, 0.29) is 18.0 Å². The second-order valence-corrected chi connectivity index (χ2v) is 6.28. The quantitative estimate of drug-likeness (QED) is 0.847. The molecule has 0 radical (unpaired) electrons. The number of carbonyl (C=O) groups excluding carboxylic acids is 1. The molecule has 1 aromatic heterocycles. The fourth-order valence-corrected chi connectivity index (χ4v) is 2.72. The van der Waals surface area contributed by atoms with Gasteiger partial charge < -0.3 is 15.3 Å². The van der Waals surface area contributed by atoms with E-state index in [4.69, 9.17) is 5.11 Å². The lowest BCUT2D eigenvalue weighted by Crippen LogP contribution is -2.50. The number of rotatable bonds is 6. The summed E-state index contributed by atoms with van der Waals surface area (Å²) in [7, 11) is 0. The van der Waals surface area contributed by atoms with Crippen molar-refractivity contribution in [2.45, 2.75) is 45.3 Å². The Kier molecular flexibility index (Phi) is 4.65. The molecule has 0 spiro atoms. The molecular formula is C14H20N2O3S. The average Bonchev–Trinajstić information content (AvgIpc) is 3.09. The number of nitrogens with one attached hydrogen (secondary N) is 1. The summed E-state index contributed by atoms with van der Waals surface area (Å²) < 4.78 is 0. The number of carboxylic acids is 1. The molecular weight excluding hydrogens is 276 g/mol. The Bertz CT molecular complexity index is 469. The average molecular weight is 296 g/mol. The molecule has 20 heavy (non-hydrogen) atoms. The lowest BCUT2D eigenvalue weighted by atomic mass is 10.1. The molecule has 0 aromatic carbocycles. The van der Waals surface area contributed by atoms with Gasteiger partial charge in [0.15, 0.2) is 0 Å². The first kappa shape index (κ1) is 14.8. The third-order valence-electron chi connectivity index (χ3n) is 3.39. The van der Waals surface area contributed by atoms with Gasteiger partial charge >= 0.3 is 12.0 Å². The summed E-state index contributed by atoms with van der Waals surface area (Å²) in [4.78, 5) is 25.2. The van der Waals surface area contributed by atoms with E-state index in [1.54, 1.807) is 30.1 Å². The highest BCUT2D eigenvalue weighted by molar-refractivity contribution is 7.07. The first-order chi connectivity index (χ1) is 9.49. The predicted molar refractivity (Wildman–Crippen MR) is 77.7 cm³/mol. The Balaban J connectivity index is 2.01. The third kappa shape index (κ3) is 3.72. The fraction of sp³-hybridized carbons (Fsp3) is 0.571. The van der Waals surface area contributed by atoms with Crippen LogP contribution in [-0.4, -0.2) is 34.1 Å². The van der Waals surface area contributed by atoms with E-state index in [9.17, 15) is 9.59 Å². The van der Waals surface area contributed by atoms with Crippen LogP contribution in [0.2, 0.25) is 0 Å². The monoisotopic (exact) mass is 296 g/mol. The second-order valence-electron chi connectivity index (χ2n) is 5.50.